The molecule has 0 radical (unpaired) electrons. The van der Waals surface area contributed by atoms with Crippen LogP contribution in [-0.2, 0) is 4.79 Å². The summed E-state index contributed by atoms with van der Waals surface area (Å²) < 4.78 is 0. The Morgan fingerprint density at radius 1 is 1.26 bits per heavy atom. The maximum absolute atomic E-state index is 11.7. The second-order valence-electron chi connectivity index (χ2n) is 4.09. The third-order valence-electron chi connectivity index (χ3n) is 2.64. The van der Waals surface area contributed by atoms with E-state index < -0.39 is 0 Å². The molecule has 2 rings (SSSR count). The molecule has 1 unspecified atom stereocenters. The Bertz CT molecular complexity index is 372. The van der Waals surface area contributed by atoms with Gasteiger partial charge in [0.15, 0.2) is 0 Å². The number of thioether (sulfide) groups is 2. The topological polar surface area (TPSA) is 41.1 Å². The molecule has 0 aliphatic carbocycles. The Labute approximate surface area is 129 Å². The first-order chi connectivity index (χ1) is 8.84. The fourth-order valence-corrected chi connectivity index (χ4v) is 4.29. The molecule has 0 saturated carbocycles. The molecule has 1 atom stereocenters. The number of para-hydroxylation sites is 1. The van der Waals surface area contributed by atoms with Crippen LogP contribution in [0, 0.1) is 0 Å². The summed E-state index contributed by atoms with van der Waals surface area (Å²) in [5, 5.41) is 6.67. The Kier molecular flexibility index (Phi) is 8.18. The first-order valence-corrected chi connectivity index (χ1v) is 8.30. The summed E-state index contributed by atoms with van der Waals surface area (Å²) in [5.41, 5.74) is 0.982. The molecule has 6 heteroatoms. The van der Waals surface area contributed by atoms with Gasteiger partial charge in [-0.05, 0) is 12.1 Å². The zero-order valence-electron chi connectivity index (χ0n) is 10.6. The smallest absolute Gasteiger partial charge is 0.239 e. The van der Waals surface area contributed by atoms with E-state index in [9.17, 15) is 4.79 Å². The van der Waals surface area contributed by atoms with Crippen LogP contribution in [0.2, 0.25) is 0 Å². The van der Waals surface area contributed by atoms with Crippen molar-refractivity contribution in [3.05, 3.63) is 30.3 Å². The number of amides is 1. The van der Waals surface area contributed by atoms with E-state index in [2.05, 4.69) is 10.6 Å². The maximum atomic E-state index is 11.7. The summed E-state index contributed by atoms with van der Waals surface area (Å²) in [7, 11) is 0. The molecule has 0 aromatic heterocycles. The summed E-state index contributed by atoms with van der Waals surface area (Å²) in [4.78, 5) is 11.7. The molecule has 1 heterocycles. The van der Waals surface area contributed by atoms with E-state index in [1.165, 1.54) is 11.5 Å². The van der Waals surface area contributed by atoms with E-state index in [0.29, 0.717) is 11.8 Å². The van der Waals surface area contributed by atoms with Gasteiger partial charge in [-0.3, -0.25) is 4.79 Å². The number of hydrogen-bond donors (Lipinski definition) is 2. The highest BCUT2D eigenvalue weighted by molar-refractivity contribution is 8.06. The largest absolute Gasteiger partial charge is 0.376 e. The van der Waals surface area contributed by atoms with Gasteiger partial charge in [0, 0.05) is 34.7 Å². The molecule has 1 saturated heterocycles. The van der Waals surface area contributed by atoms with Crippen molar-refractivity contribution in [3.8, 4) is 0 Å². The fraction of sp³-hybridized carbons (Fsp3) is 0.462. The maximum Gasteiger partial charge on any atom is 0.239 e. The minimum absolute atomic E-state index is 0. The van der Waals surface area contributed by atoms with E-state index in [1.807, 2.05) is 53.9 Å². The van der Waals surface area contributed by atoms with E-state index in [-0.39, 0.29) is 18.3 Å². The molecule has 19 heavy (non-hydrogen) atoms. The van der Waals surface area contributed by atoms with Crippen LogP contribution >= 0.6 is 35.9 Å². The highest BCUT2D eigenvalue weighted by atomic mass is 35.5. The first kappa shape index (κ1) is 16.5. The van der Waals surface area contributed by atoms with Crippen molar-refractivity contribution in [2.45, 2.75) is 5.25 Å². The standard InChI is InChI=1S/C13H18N2OS2.ClH/c16-13(9-14-11-4-2-1-3-5-11)15-8-12-10-17-6-7-18-12;/h1-5,12,14H,6-10H2,(H,15,16);1H. The van der Waals surface area contributed by atoms with E-state index in [0.717, 1.165) is 18.0 Å². The number of anilines is 1. The van der Waals surface area contributed by atoms with Crippen LogP contribution in [0.4, 0.5) is 5.69 Å². The van der Waals surface area contributed by atoms with Gasteiger partial charge in [-0.2, -0.15) is 23.5 Å². The summed E-state index contributed by atoms with van der Waals surface area (Å²) in [6, 6.07) is 9.79. The van der Waals surface area contributed by atoms with Gasteiger partial charge < -0.3 is 10.6 Å². The lowest BCUT2D eigenvalue weighted by Crippen LogP contribution is -2.36. The van der Waals surface area contributed by atoms with Crippen molar-refractivity contribution in [2.24, 2.45) is 0 Å². The zero-order valence-corrected chi connectivity index (χ0v) is 13.1. The van der Waals surface area contributed by atoms with Gasteiger partial charge >= 0.3 is 0 Å². The van der Waals surface area contributed by atoms with Crippen LogP contribution in [0.15, 0.2) is 30.3 Å². The number of nitrogens with one attached hydrogen (secondary N) is 2. The van der Waals surface area contributed by atoms with Crippen LogP contribution in [0.1, 0.15) is 0 Å². The van der Waals surface area contributed by atoms with Crippen molar-refractivity contribution in [1.82, 2.24) is 5.32 Å². The molecular weight excluding hydrogens is 300 g/mol. The van der Waals surface area contributed by atoms with E-state index in [1.54, 1.807) is 0 Å². The Morgan fingerprint density at radius 3 is 2.74 bits per heavy atom. The number of benzene rings is 1. The van der Waals surface area contributed by atoms with Gasteiger partial charge in [-0.15, -0.1) is 12.4 Å². The van der Waals surface area contributed by atoms with Gasteiger partial charge in [0.1, 0.15) is 0 Å². The molecule has 1 amide bonds. The Balaban J connectivity index is 0.00000180. The lowest BCUT2D eigenvalue weighted by atomic mass is 10.3. The zero-order chi connectivity index (χ0) is 12.6. The second kappa shape index (κ2) is 9.39. The molecule has 106 valence electrons. The molecule has 1 aromatic carbocycles. The van der Waals surface area contributed by atoms with Crippen LogP contribution in [0.25, 0.3) is 0 Å². The van der Waals surface area contributed by atoms with E-state index >= 15 is 0 Å². The van der Waals surface area contributed by atoms with Crippen molar-refractivity contribution in [3.63, 3.8) is 0 Å². The molecular formula is C13H19ClN2OS2. The lowest BCUT2D eigenvalue weighted by molar-refractivity contribution is -0.119. The SMILES string of the molecule is Cl.O=C(CNc1ccccc1)NCC1CSCCS1. The molecule has 3 nitrogen and oxygen atoms in total. The predicted octanol–water partition coefficient (Wildman–Crippen LogP) is 2.49. The first-order valence-electron chi connectivity index (χ1n) is 6.09. The molecule has 1 fully saturated rings. The Morgan fingerprint density at radius 2 is 2.05 bits per heavy atom. The minimum Gasteiger partial charge on any atom is -0.376 e. The van der Waals surface area contributed by atoms with Gasteiger partial charge in [-0.1, -0.05) is 18.2 Å². The van der Waals surface area contributed by atoms with Crippen molar-refractivity contribution in [2.75, 3.05) is 35.7 Å². The molecule has 0 bridgehead atoms. The summed E-state index contributed by atoms with van der Waals surface area (Å²) in [5.74, 6) is 3.66. The molecule has 1 aliphatic heterocycles. The summed E-state index contributed by atoms with van der Waals surface area (Å²) in [6.07, 6.45) is 0. The Hall–Kier alpha value is -0.520. The van der Waals surface area contributed by atoms with Crippen LogP contribution in [0.3, 0.4) is 0 Å². The fourth-order valence-electron chi connectivity index (χ4n) is 1.68. The van der Waals surface area contributed by atoms with Gasteiger partial charge in [-0.25, -0.2) is 0 Å². The van der Waals surface area contributed by atoms with Crippen molar-refractivity contribution in [1.29, 1.82) is 0 Å². The number of rotatable bonds is 5. The number of halogens is 1. The van der Waals surface area contributed by atoms with Gasteiger partial charge in [0.2, 0.25) is 5.91 Å². The third kappa shape index (κ3) is 6.45. The number of carbonyl (C=O) groups is 1. The highest BCUT2D eigenvalue weighted by Crippen LogP contribution is 2.23. The lowest BCUT2D eigenvalue weighted by Gasteiger charge is -2.21. The van der Waals surface area contributed by atoms with Crippen molar-refractivity contribution < 1.29 is 4.79 Å². The second-order valence-corrected chi connectivity index (χ2v) is 6.65. The summed E-state index contributed by atoms with van der Waals surface area (Å²) in [6.45, 7) is 1.13. The van der Waals surface area contributed by atoms with Crippen molar-refractivity contribution >= 4 is 47.5 Å². The molecule has 2 N–H and O–H groups in total. The predicted molar refractivity (Wildman–Crippen MR) is 88.8 cm³/mol. The van der Waals surface area contributed by atoms with Crippen LogP contribution in [0.5, 0.6) is 0 Å². The van der Waals surface area contributed by atoms with E-state index in [4.69, 9.17) is 0 Å². The number of carbonyl (C=O) groups excluding carboxylic acids is 1. The van der Waals surface area contributed by atoms with Crippen LogP contribution in [-0.4, -0.2) is 41.5 Å². The minimum atomic E-state index is 0. The molecule has 1 aromatic rings. The average Bonchev–Trinajstić information content (AvgIpc) is 2.45. The highest BCUT2D eigenvalue weighted by Gasteiger charge is 2.14. The quantitative estimate of drug-likeness (QED) is 0.875. The normalized spacial score (nSPS) is 18.2. The monoisotopic (exact) mass is 318 g/mol. The van der Waals surface area contributed by atoms with Crippen LogP contribution < -0.4 is 10.6 Å². The number of hydrogen-bond acceptors (Lipinski definition) is 4. The molecule has 0 spiro atoms. The summed E-state index contributed by atoms with van der Waals surface area (Å²) >= 11 is 3.94. The van der Waals surface area contributed by atoms with Gasteiger partial charge in [0.25, 0.3) is 0 Å². The average molecular weight is 319 g/mol. The third-order valence-corrected chi connectivity index (χ3v) is 5.48. The molecule has 1 aliphatic rings. The van der Waals surface area contributed by atoms with Gasteiger partial charge in [0.05, 0.1) is 6.54 Å².